The van der Waals surface area contributed by atoms with E-state index in [0.717, 1.165) is 10.0 Å². The van der Waals surface area contributed by atoms with Crippen molar-refractivity contribution in [3.8, 4) is 6.01 Å². The van der Waals surface area contributed by atoms with Crippen molar-refractivity contribution in [2.45, 2.75) is 26.5 Å². The van der Waals surface area contributed by atoms with E-state index in [-0.39, 0.29) is 18.1 Å². The molecule has 21 heavy (non-hydrogen) atoms. The monoisotopic (exact) mass is 352 g/mol. The Balaban J connectivity index is 2.11. The number of nitrogens with zero attached hydrogens (tertiary/aromatic N) is 3. The van der Waals surface area contributed by atoms with E-state index in [4.69, 9.17) is 10.6 Å². The first-order valence-electron chi connectivity index (χ1n) is 6.44. The maximum absolute atomic E-state index is 5.46. The second-order valence-electron chi connectivity index (χ2n) is 4.56. The van der Waals surface area contributed by atoms with Gasteiger partial charge >= 0.3 is 6.01 Å². The zero-order chi connectivity index (χ0) is 15.2. The van der Waals surface area contributed by atoms with Gasteiger partial charge in [-0.25, -0.2) is 5.84 Å². The van der Waals surface area contributed by atoms with Gasteiger partial charge in [0, 0.05) is 11.0 Å². The maximum atomic E-state index is 5.46. The Bertz CT molecular complexity index is 607. The molecule has 2 rings (SSSR count). The predicted octanol–water partition coefficient (Wildman–Crippen LogP) is 2.32. The summed E-state index contributed by atoms with van der Waals surface area (Å²) in [7, 11) is 0. The average Bonchev–Trinajstić information content (AvgIpc) is 2.44. The molecule has 0 fully saturated rings. The fourth-order valence-electron chi connectivity index (χ4n) is 1.59. The van der Waals surface area contributed by atoms with E-state index in [0.29, 0.717) is 12.5 Å². The van der Waals surface area contributed by atoms with Crippen LogP contribution >= 0.6 is 15.9 Å². The first-order valence-corrected chi connectivity index (χ1v) is 7.24. The van der Waals surface area contributed by atoms with Gasteiger partial charge in [0.1, 0.15) is 0 Å². The van der Waals surface area contributed by atoms with Gasteiger partial charge < -0.3 is 10.1 Å². The third-order valence-corrected chi connectivity index (χ3v) is 2.92. The molecule has 0 radical (unpaired) electrons. The minimum atomic E-state index is -0.0315. The third kappa shape index (κ3) is 4.83. The molecule has 2 aromatic rings. The van der Waals surface area contributed by atoms with Gasteiger partial charge in [-0.05, 0) is 31.5 Å². The summed E-state index contributed by atoms with van der Waals surface area (Å²) in [6, 6.07) is 8.19. The molecule has 0 unspecified atom stereocenters. The summed E-state index contributed by atoms with van der Waals surface area (Å²) in [5.41, 5.74) is 3.49. The van der Waals surface area contributed by atoms with Gasteiger partial charge in [-0.15, -0.1) is 0 Å². The molecule has 0 aliphatic carbocycles. The lowest BCUT2D eigenvalue weighted by Gasteiger charge is -2.11. The highest BCUT2D eigenvalue weighted by atomic mass is 79.9. The van der Waals surface area contributed by atoms with Gasteiger partial charge in [0.05, 0.1) is 6.10 Å². The lowest BCUT2D eigenvalue weighted by molar-refractivity contribution is 0.222. The molecule has 0 aliphatic rings. The number of ether oxygens (including phenoxy) is 1. The van der Waals surface area contributed by atoms with Crippen molar-refractivity contribution in [1.82, 2.24) is 15.0 Å². The van der Waals surface area contributed by atoms with Gasteiger partial charge in [0.2, 0.25) is 11.9 Å². The molecular formula is C13H17BrN6O. The minimum absolute atomic E-state index is 0.0315. The van der Waals surface area contributed by atoms with Crippen LogP contribution in [0.25, 0.3) is 0 Å². The van der Waals surface area contributed by atoms with E-state index in [9.17, 15) is 0 Å². The van der Waals surface area contributed by atoms with Gasteiger partial charge in [0.15, 0.2) is 0 Å². The van der Waals surface area contributed by atoms with Crippen molar-refractivity contribution in [3.05, 3.63) is 34.3 Å². The molecule has 1 aromatic carbocycles. The Labute approximate surface area is 131 Å². The molecule has 4 N–H and O–H groups in total. The summed E-state index contributed by atoms with van der Waals surface area (Å²) in [5, 5.41) is 3.12. The number of nitrogens with one attached hydrogen (secondary N) is 2. The number of hydrogen-bond donors (Lipinski definition) is 3. The highest BCUT2D eigenvalue weighted by Gasteiger charge is 2.08. The number of nitrogens with two attached hydrogens (primary N) is 1. The molecule has 0 amide bonds. The first kappa shape index (κ1) is 15.5. The quantitative estimate of drug-likeness (QED) is 0.541. The van der Waals surface area contributed by atoms with Crippen molar-refractivity contribution in [3.63, 3.8) is 0 Å². The number of anilines is 2. The molecule has 0 spiro atoms. The molecule has 0 saturated heterocycles. The van der Waals surface area contributed by atoms with E-state index < -0.39 is 0 Å². The van der Waals surface area contributed by atoms with E-state index in [1.165, 1.54) is 0 Å². The molecular weight excluding hydrogens is 336 g/mol. The van der Waals surface area contributed by atoms with Gasteiger partial charge in [0.25, 0.3) is 0 Å². The summed E-state index contributed by atoms with van der Waals surface area (Å²) >= 11 is 3.43. The van der Waals surface area contributed by atoms with Crippen LogP contribution < -0.4 is 21.3 Å². The fraction of sp³-hybridized carbons (Fsp3) is 0.308. The minimum Gasteiger partial charge on any atom is -0.461 e. The molecule has 0 atom stereocenters. The summed E-state index contributed by atoms with van der Waals surface area (Å²) in [4.78, 5) is 12.4. The van der Waals surface area contributed by atoms with Gasteiger partial charge in [-0.3, -0.25) is 5.43 Å². The van der Waals surface area contributed by atoms with E-state index in [1.807, 2.05) is 38.1 Å². The number of halogens is 1. The largest absolute Gasteiger partial charge is 0.461 e. The third-order valence-electron chi connectivity index (χ3n) is 2.42. The topological polar surface area (TPSA) is 98.0 Å². The smallest absolute Gasteiger partial charge is 0.323 e. The molecule has 0 aliphatic heterocycles. The van der Waals surface area contributed by atoms with Crippen molar-refractivity contribution < 1.29 is 4.74 Å². The Morgan fingerprint density at radius 1 is 1.24 bits per heavy atom. The van der Waals surface area contributed by atoms with E-state index >= 15 is 0 Å². The van der Waals surface area contributed by atoms with Crippen LogP contribution in [0.4, 0.5) is 11.9 Å². The van der Waals surface area contributed by atoms with Crippen LogP contribution in [0.5, 0.6) is 6.01 Å². The first-order chi connectivity index (χ1) is 10.1. The molecule has 7 nitrogen and oxygen atoms in total. The van der Waals surface area contributed by atoms with Crippen LogP contribution in [0.3, 0.4) is 0 Å². The van der Waals surface area contributed by atoms with E-state index in [1.54, 1.807) is 0 Å². The number of hydrogen-bond acceptors (Lipinski definition) is 7. The van der Waals surface area contributed by atoms with Crippen molar-refractivity contribution in [2.24, 2.45) is 5.84 Å². The summed E-state index contributed by atoms with van der Waals surface area (Å²) in [6.45, 7) is 4.37. The number of aromatic nitrogens is 3. The summed E-state index contributed by atoms with van der Waals surface area (Å²) in [5.74, 6) is 6.00. The molecule has 0 saturated carbocycles. The van der Waals surface area contributed by atoms with Crippen molar-refractivity contribution in [1.29, 1.82) is 0 Å². The number of nitrogen functional groups attached to an aromatic ring is 1. The standard InChI is InChI=1S/C13H17BrN6O/c1-8(2)21-13-18-11(17-12(19-13)20-15)16-7-9-4-3-5-10(14)6-9/h3-6,8H,7,15H2,1-2H3,(H2,16,17,18,19,20). The molecule has 0 bridgehead atoms. The second-order valence-corrected chi connectivity index (χ2v) is 5.48. The fourth-order valence-corrected chi connectivity index (χ4v) is 2.04. The Morgan fingerprint density at radius 3 is 2.67 bits per heavy atom. The maximum Gasteiger partial charge on any atom is 0.323 e. The van der Waals surface area contributed by atoms with Crippen LogP contribution in [0.2, 0.25) is 0 Å². The number of benzene rings is 1. The number of hydrazine groups is 1. The normalized spacial score (nSPS) is 10.5. The lowest BCUT2D eigenvalue weighted by Crippen LogP contribution is -2.16. The molecule has 1 aromatic heterocycles. The zero-order valence-corrected chi connectivity index (χ0v) is 13.4. The van der Waals surface area contributed by atoms with Crippen LogP contribution in [0, 0.1) is 0 Å². The van der Waals surface area contributed by atoms with Crippen molar-refractivity contribution in [2.75, 3.05) is 10.7 Å². The predicted molar refractivity (Wildman–Crippen MR) is 84.9 cm³/mol. The molecule has 8 heteroatoms. The van der Waals surface area contributed by atoms with Crippen LogP contribution in [-0.4, -0.2) is 21.1 Å². The summed E-state index contributed by atoms with van der Waals surface area (Å²) < 4.78 is 6.48. The van der Waals surface area contributed by atoms with Gasteiger partial charge in [-0.2, -0.15) is 15.0 Å². The van der Waals surface area contributed by atoms with E-state index in [2.05, 4.69) is 41.6 Å². The molecule has 1 heterocycles. The van der Waals surface area contributed by atoms with Crippen molar-refractivity contribution >= 4 is 27.8 Å². The molecule has 112 valence electrons. The van der Waals surface area contributed by atoms with Crippen LogP contribution in [0.1, 0.15) is 19.4 Å². The number of rotatable bonds is 6. The highest BCUT2D eigenvalue weighted by Crippen LogP contribution is 2.15. The lowest BCUT2D eigenvalue weighted by atomic mass is 10.2. The Kier molecular flexibility index (Phi) is 5.29. The Hall–Kier alpha value is -1.93. The second kappa shape index (κ2) is 7.19. The average molecular weight is 353 g/mol. The van der Waals surface area contributed by atoms with Crippen LogP contribution in [-0.2, 0) is 6.54 Å². The van der Waals surface area contributed by atoms with Crippen LogP contribution in [0.15, 0.2) is 28.7 Å². The SMILES string of the molecule is CC(C)Oc1nc(NN)nc(NCc2cccc(Br)c2)n1. The van der Waals surface area contributed by atoms with Gasteiger partial charge in [-0.1, -0.05) is 28.1 Å². The zero-order valence-electron chi connectivity index (χ0n) is 11.8. The Morgan fingerprint density at radius 2 is 2.00 bits per heavy atom. The highest BCUT2D eigenvalue weighted by molar-refractivity contribution is 9.10. The summed E-state index contributed by atoms with van der Waals surface area (Å²) in [6.07, 6.45) is -0.0315.